The molecule has 0 aliphatic heterocycles. The van der Waals surface area contributed by atoms with E-state index in [-0.39, 0.29) is 24.0 Å². The fraction of sp³-hybridized carbons (Fsp3) is 0.273. The Kier molecular flexibility index (Phi) is 6.39. The number of rotatable bonds is 6. The number of hydrogen-bond donors (Lipinski definition) is 1. The first-order valence-electron chi connectivity index (χ1n) is 9.00. The number of carbonyl (C=O) groups is 2. The summed E-state index contributed by atoms with van der Waals surface area (Å²) in [7, 11) is 1.52. The fourth-order valence-corrected chi connectivity index (χ4v) is 3.07. The van der Waals surface area contributed by atoms with Crippen molar-refractivity contribution in [2.24, 2.45) is 0 Å². The molecule has 0 aromatic heterocycles. The van der Waals surface area contributed by atoms with Crippen LogP contribution in [-0.2, 0) is 14.3 Å². The molecule has 0 radical (unpaired) electrons. The molecule has 27 heavy (non-hydrogen) atoms. The average molecular weight is 365 g/mol. The molecule has 1 N–H and O–H groups in total. The van der Waals surface area contributed by atoms with Gasteiger partial charge in [-0.15, -0.1) is 0 Å². The Labute approximate surface area is 159 Å². The van der Waals surface area contributed by atoms with E-state index < -0.39 is 6.10 Å². The van der Waals surface area contributed by atoms with Crippen molar-refractivity contribution in [2.75, 3.05) is 7.11 Å². The number of hydrogen-bond acceptors (Lipinski definition) is 4. The Morgan fingerprint density at radius 1 is 0.963 bits per heavy atom. The maximum Gasteiger partial charge on any atom is 0.338 e. The van der Waals surface area contributed by atoms with Crippen molar-refractivity contribution in [1.29, 1.82) is 0 Å². The molecule has 0 heterocycles. The minimum absolute atomic E-state index is 0.106. The molecular weight excluding hydrogens is 342 g/mol. The minimum atomic E-state index is -0.645. The number of methoxy groups -OCH3 is 1. The van der Waals surface area contributed by atoms with Crippen LogP contribution in [0.2, 0.25) is 0 Å². The zero-order valence-electron chi connectivity index (χ0n) is 15.2. The fourth-order valence-electron chi connectivity index (χ4n) is 3.07. The van der Waals surface area contributed by atoms with Crippen LogP contribution < -0.4 is 5.32 Å². The highest BCUT2D eigenvalue weighted by Crippen LogP contribution is 2.20. The second kappa shape index (κ2) is 9.14. The van der Waals surface area contributed by atoms with Crippen molar-refractivity contribution in [3.05, 3.63) is 83.9 Å². The number of carbonyl (C=O) groups excluding carboxylic acids is 2. The molecule has 0 saturated heterocycles. The van der Waals surface area contributed by atoms with Crippen molar-refractivity contribution in [3.8, 4) is 0 Å². The number of benzene rings is 2. The molecule has 140 valence electrons. The van der Waals surface area contributed by atoms with E-state index in [0.29, 0.717) is 18.4 Å². The largest absolute Gasteiger partial charge is 0.455 e. The molecule has 5 nitrogen and oxygen atoms in total. The topological polar surface area (TPSA) is 64.6 Å². The van der Waals surface area contributed by atoms with Crippen LogP contribution in [0.4, 0.5) is 0 Å². The van der Waals surface area contributed by atoms with Gasteiger partial charge in [0.25, 0.3) is 5.91 Å². The van der Waals surface area contributed by atoms with Crippen LogP contribution in [-0.4, -0.2) is 31.1 Å². The average Bonchev–Trinajstić information content (AvgIpc) is 2.71. The summed E-state index contributed by atoms with van der Waals surface area (Å²) in [5, 5.41) is 2.98. The molecule has 0 saturated carbocycles. The Bertz CT molecular complexity index is 788. The van der Waals surface area contributed by atoms with Gasteiger partial charge in [0.15, 0.2) is 6.10 Å². The maximum absolute atomic E-state index is 12.5. The van der Waals surface area contributed by atoms with Gasteiger partial charge in [0.05, 0.1) is 5.56 Å². The van der Waals surface area contributed by atoms with Gasteiger partial charge in [-0.05, 0) is 36.6 Å². The Hall–Kier alpha value is -2.92. The molecule has 1 aliphatic carbocycles. The molecule has 5 heteroatoms. The molecule has 0 unspecified atom stereocenters. The summed E-state index contributed by atoms with van der Waals surface area (Å²) in [6, 6.07) is 18.2. The van der Waals surface area contributed by atoms with E-state index in [4.69, 9.17) is 9.47 Å². The van der Waals surface area contributed by atoms with Crippen LogP contribution in [0.15, 0.2) is 72.8 Å². The number of amides is 1. The Morgan fingerprint density at radius 2 is 1.63 bits per heavy atom. The lowest BCUT2D eigenvalue weighted by atomic mass is 9.99. The van der Waals surface area contributed by atoms with E-state index in [1.807, 2.05) is 48.6 Å². The molecular formula is C22H23NO4. The summed E-state index contributed by atoms with van der Waals surface area (Å²) in [5.41, 5.74) is 1.35. The number of esters is 1. The minimum Gasteiger partial charge on any atom is -0.455 e. The normalized spacial score (nSPS) is 19.9. The predicted molar refractivity (Wildman–Crippen MR) is 102 cm³/mol. The highest BCUT2D eigenvalue weighted by atomic mass is 16.5. The van der Waals surface area contributed by atoms with Crippen LogP contribution in [0.5, 0.6) is 0 Å². The zero-order chi connectivity index (χ0) is 19.1. The first-order chi connectivity index (χ1) is 13.2. The molecule has 1 amide bonds. The van der Waals surface area contributed by atoms with E-state index in [1.54, 1.807) is 24.3 Å². The van der Waals surface area contributed by atoms with E-state index in [9.17, 15) is 9.59 Å². The summed E-state index contributed by atoms with van der Waals surface area (Å²) < 4.78 is 10.9. The quantitative estimate of drug-likeness (QED) is 0.629. The third kappa shape index (κ3) is 5.05. The molecule has 2 aromatic rings. The van der Waals surface area contributed by atoms with Gasteiger partial charge in [-0.2, -0.15) is 0 Å². The van der Waals surface area contributed by atoms with Gasteiger partial charge < -0.3 is 14.8 Å². The summed E-state index contributed by atoms with van der Waals surface area (Å²) in [6.07, 6.45) is 4.14. The van der Waals surface area contributed by atoms with Crippen molar-refractivity contribution < 1.29 is 19.1 Å². The summed E-state index contributed by atoms with van der Waals surface area (Å²) >= 11 is 0. The van der Waals surface area contributed by atoms with E-state index in [1.165, 1.54) is 7.11 Å². The van der Waals surface area contributed by atoms with Crippen LogP contribution in [0.1, 0.15) is 34.9 Å². The third-order valence-electron chi connectivity index (χ3n) is 4.49. The van der Waals surface area contributed by atoms with Crippen LogP contribution >= 0.6 is 0 Å². The van der Waals surface area contributed by atoms with Gasteiger partial charge in [-0.3, -0.25) is 4.79 Å². The first-order valence-corrected chi connectivity index (χ1v) is 9.00. The lowest BCUT2D eigenvalue weighted by Gasteiger charge is -2.25. The van der Waals surface area contributed by atoms with Crippen molar-refractivity contribution in [1.82, 2.24) is 5.32 Å². The lowest BCUT2D eigenvalue weighted by Crippen LogP contribution is -2.39. The molecule has 0 spiro atoms. The smallest absolute Gasteiger partial charge is 0.338 e. The second-order valence-corrected chi connectivity index (χ2v) is 6.41. The van der Waals surface area contributed by atoms with Crippen molar-refractivity contribution in [2.45, 2.75) is 31.1 Å². The van der Waals surface area contributed by atoms with E-state index in [0.717, 1.165) is 5.56 Å². The van der Waals surface area contributed by atoms with Crippen LogP contribution in [0.25, 0.3) is 0 Å². The van der Waals surface area contributed by atoms with E-state index >= 15 is 0 Å². The highest BCUT2D eigenvalue weighted by Gasteiger charge is 2.25. The van der Waals surface area contributed by atoms with Crippen LogP contribution in [0.3, 0.4) is 0 Å². The molecule has 2 aromatic carbocycles. The van der Waals surface area contributed by atoms with Gasteiger partial charge in [0, 0.05) is 13.2 Å². The third-order valence-corrected chi connectivity index (χ3v) is 4.49. The van der Waals surface area contributed by atoms with E-state index in [2.05, 4.69) is 5.32 Å². The highest BCUT2D eigenvalue weighted by molar-refractivity contribution is 5.89. The van der Waals surface area contributed by atoms with Crippen molar-refractivity contribution >= 4 is 11.9 Å². The summed E-state index contributed by atoms with van der Waals surface area (Å²) in [5.74, 6) is -0.519. The lowest BCUT2D eigenvalue weighted by molar-refractivity contribution is -0.132. The molecule has 0 fully saturated rings. The maximum atomic E-state index is 12.5. The standard InChI is InChI=1S/C22H23NO4/c1-26-20(16-8-4-2-5-9-16)21(24)23-18-12-14-19(15-13-18)27-22(25)17-10-6-3-7-11-17/h2-12,14,18-20H,13,15H2,1H3,(H,23,24)/t18-,19+,20+/m1/s1. The van der Waals surface area contributed by atoms with Gasteiger partial charge in [0.2, 0.25) is 0 Å². The first kappa shape index (κ1) is 18.9. The molecule has 1 aliphatic rings. The van der Waals surface area contributed by atoms with Gasteiger partial charge in [-0.1, -0.05) is 54.6 Å². The monoisotopic (exact) mass is 365 g/mol. The summed E-state index contributed by atoms with van der Waals surface area (Å²) in [4.78, 5) is 24.6. The summed E-state index contributed by atoms with van der Waals surface area (Å²) in [6.45, 7) is 0. The van der Waals surface area contributed by atoms with Gasteiger partial charge in [-0.25, -0.2) is 4.79 Å². The second-order valence-electron chi connectivity index (χ2n) is 6.41. The SMILES string of the molecule is CO[C@H](C(=O)N[C@@H]1C=C[C@H](OC(=O)c2ccccc2)CC1)c1ccccc1. The van der Waals surface area contributed by atoms with Crippen molar-refractivity contribution in [3.63, 3.8) is 0 Å². The Morgan fingerprint density at radius 3 is 2.22 bits per heavy atom. The number of ether oxygens (including phenoxy) is 2. The zero-order valence-corrected chi connectivity index (χ0v) is 15.2. The van der Waals surface area contributed by atoms with Gasteiger partial charge in [0.1, 0.15) is 6.10 Å². The van der Waals surface area contributed by atoms with Gasteiger partial charge >= 0.3 is 5.97 Å². The van der Waals surface area contributed by atoms with Crippen LogP contribution in [0, 0.1) is 0 Å². The molecule has 3 atom stereocenters. The molecule has 3 rings (SSSR count). The molecule has 0 bridgehead atoms. The predicted octanol–water partition coefficient (Wildman–Crippen LogP) is 3.43. The Balaban J connectivity index is 1.54. The number of nitrogens with one attached hydrogen (secondary N) is 1.